The molecule has 0 bridgehead atoms. The molecule has 2 aromatic rings. The molecule has 3 rings (SSSR count). The zero-order valence-corrected chi connectivity index (χ0v) is 20.1. The van der Waals surface area contributed by atoms with Crippen molar-refractivity contribution in [2.45, 2.75) is 70.2 Å². The van der Waals surface area contributed by atoms with E-state index < -0.39 is 27.3 Å². The standard InChI is InChI=1S/C23H30F3N3O3S/c1-15(2)12-28(21(30)16(3)4)13-20-11-27-22(29(20)19-8-9-19)33(31,32)14-17-6-5-7-18(10-17)23(24,25)26/h5-7,10-11,15-16,19H,8-9,12-14H2,1-4H3. The second kappa shape index (κ2) is 9.48. The molecule has 0 N–H and O–H groups in total. The molecular formula is C23H30F3N3O3S. The van der Waals surface area contributed by atoms with Crippen LogP contribution in [0.5, 0.6) is 0 Å². The summed E-state index contributed by atoms with van der Waals surface area (Å²) in [6.45, 7) is 8.40. The van der Waals surface area contributed by atoms with Crippen LogP contribution in [-0.2, 0) is 33.1 Å². The molecule has 1 fully saturated rings. The summed E-state index contributed by atoms with van der Waals surface area (Å²) in [7, 11) is -4.00. The molecule has 10 heteroatoms. The Hall–Kier alpha value is -2.36. The molecular weight excluding hydrogens is 455 g/mol. The van der Waals surface area contributed by atoms with Crippen LogP contribution in [0.4, 0.5) is 13.2 Å². The number of alkyl halides is 3. The first-order chi connectivity index (χ1) is 15.3. The average molecular weight is 486 g/mol. The third kappa shape index (κ3) is 6.16. The Morgan fingerprint density at radius 2 is 1.88 bits per heavy atom. The van der Waals surface area contributed by atoms with Crippen molar-refractivity contribution in [3.8, 4) is 0 Å². The molecule has 0 atom stereocenters. The minimum Gasteiger partial charge on any atom is -0.336 e. The van der Waals surface area contributed by atoms with Crippen LogP contribution in [0.25, 0.3) is 0 Å². The monoisotopic (exact) mass is 485 g/mol. The quantitative estimate of drug-likeness (QED) is 0.509. The third-order valence-corrected chi connectivity index (χ3v) is 6.96. The molecule has 1 heterocycles. The van der Waals surface area contributed by atoms with Crippen LogP contribution in [0.2, 0.25) is 0 Å². The SMILES string of the molecule is CC(C)CN(Cc1cnc(S(=O)(=O)Cc2cccc(C(F)(F)F)c2)n1C1CC1)C(=O)C(C)C. The van der Waals surface area contributed by atoms with Crippen LogP contribution in [0, 0.1) is 11.8 Å². The Morgan fingerprint density at radius 3 is 2.42 bits per heavy atom. The van der Waals surface area contributed by atoms with Crippen molar-refractivity contribution < 1.29 is 26.4 Å². The second-order valence-electron chi connectivity index (χ2n) is 9.36. The van der Waals surface area contributed by atoms with Gasteiger partial charge in [-0.05, 0) is 30.4 Å². The first kappa shape index (κ1) is 25.3. The van der Waals surface area contributed by atoms with Crippen LogP contribution >= 0.6 is 0 Å². The molecule has 1 aliphatic rings. The van der Waals surface area contributed by atoms with Gasteiger partial charge in [-0.2, -0.15) is 13.2 Å². The molecule has 0 unspecified atom stereocenters. The number of carbonyl (C=O) groups is 1. The molecule has 33 heavy (non-hydrogen) atoms. The van der Waals surface area contributed by atoms with Crippen molar-refractivity contribution >= 4 is 15.7 Å². The number of amides is 1. The lowest BCUT2D eigenvalue weighted by molar-refractivity contribution is -0.137. The Kier molecular flexibility index (Phi) is 7.26. The Labute approximate surface area is 192 Å². The van der Waals surface area contributed by atoms with Gasteiger partial charge in [-0.3, -0.25) is 4.79 Å². The van der Waals surface area contributed by atoms with Gasteiger partial charge in [0.05, 0.1) is 29.8 Å². The number of sulfone groups is 1. The maximum absolute atomic E-state index is 13.2. The fourth-order valence-corrected chi connectivity index (χ4v) is 5.33. The average Bonchev–Trinajstić information content (AvgIpc) is 3.45. The molecule has 6 nitrogen and oxygen atoms in total. The highest BCUT2D eigenvalue weighted by atomic mass is 32.2. The van der Waals surface area contributed by atoms with Crippen LogP contribution in [0.15, 0.2) is 35.6 Å². The van der Waals surface area contributed by atoms with Crippen LogP contribution < -0.4 is 0 Å². The number of hydrogen-bond acceptors (Lipinski definition) is 4. The highest BCUT2D eigenvalue weighted by Gasteiger charge is 2.35. The van der Waals surface area contributed by atoms with Gasteiger partial charge in [-0.15, -0.1) is 0 Å². The number of carbonyl (C=O) groups excluding carboxylic acids is 1. The van der Waals surface area contributed by atoms with Crippen molar-refractivity contribution in [3.63, 3.8) is 0 Å². The molecule has 182 valence electrons. The van der Waals surface area contributed by atoms with E-state index in [0.717, 1.165) is 25.0 Å². The normalized spacial score (nSPS) is 14.8. The first-order valence-electron chi connectivity index (χ1n) is 11.0. The maximum Gasteiger partial charge on any atom is 0.416 e. The number of benzene rings is 1. The largest absolute Gasteiger partial charge is 0.416 e. The van der Waals surface area contributed by atoms with Crippen molar-refractivity contribution in [1.29, 1.82) is 0 Å². The predicted molar refractivity (Wildman–Crippen MR) is 118 cm³/mol. The summed E-state index contributed by atoms with van der Waals surface area (Å²) >= 11 is 0. The summed E-state index contributed by atoms with van der Waals surface area (Å²) < 4.78 is 67.2. The highest BCUT2D eigenvalue weighted by molar-refractivity contribution is 7.90. The highest BCUT2D eigenvalue weighted by Crippen LogP contribution is 2.39. The summed E-state index contributed by atoms with van der Waals surface area (Å²) in [4.78, 5) is 18.6. The lowest BCUT2D eigenvalue weighted by atomic mass is 10.1. The zero-order valence-electron chi connectivity index (χ0n) is 19.3. The summed E-state index contributed by atoms with van der Waals surface area (Å²) in [5.41, 5.74) is -0.221. The van der Waals surface area contributed by atoms with E-state index in [9.17, 15) is 26.4 Å². The summed E-state index contributed by atoms with van der Waals surface area (Å²) in [5.74, 6) is -0.583. The van der Waals surface area contributed by atoms with E-state index in [-0.39, 0.29) is 41.0 Å². The number of hydrogen-bond donors (Lipinski definition) is 0. The van der Waals surface area contributed by atoms with Crippen molar-refractivity contribution in [3.05, 3.63) is 47.3 Å². The van der Waals surface area contributed by atoms with Gasteiger partial charge in [0.15, 0.2) is 0 Å². The fourth-order valence-electron chi connectivity index (χ4n) is 3.80. The van der Waals surface area contributed by atoms with Gasteiger partial charge < -0.3 is 9.47 Å². The Bertz CT molecular complexity index is 1100. The Balaban J connectivity index is 1.92. The topological polar surface area (TPSA) is 72.3 Å². The fraction of sp³-hybridized carbons (Fsp3) is 0.565. The van der Waals surface area contributed by atoms with Gasteiger partial charge in [-0.25, -0.2) is 13.4 Å². The minimum atomic E-state index is -4.55. The smallest absolute Gasteiger partial charge is 0.336 e. The van der Waals surface area contributed by atoms with Crippen LogP contribution in [0.3, 0.4) is 0 Å². The maximum atomic E-state index is 13.2. The van der Waals surface area contributed by atoms with Crippen molar-refractivity contribution in [1.82, 2.24) is 14.5 Å². The lowest BCUT2D eigenvalue weighted by Gasteiger charge is -2.27. The summed E-state index contributed by atoms with van der Waals surface area (Å²) in [6, 6.07) is 4.30. The zero-order chi connectivity index (χ0) is 24.6. The molecule has 1 aromatic carbocycles. The minimum absolute atomic E-state index is 0.0272. The van der Waals surface area contributed by atoms with E-state index in [4.69, 9.17) is 0 Å². The number of aromatic nitrogens is 2. The van der Waals surface area contributed by atoms with Gasteiger partial charge in [0, 0.05) is 18.5 Å². The molecule has 1 aliphatic carbocycles. The molecule has 0 spiro atoms. The number of rotatable bonds is 9. The van der Waals surface area contributed by atoms with Crippen molar-refractivity contribution in [2.24, 2.45) is 11.8 Å². The number of nitrogens with zero attached hydrogens (tertiary/aromatic N) is 3. The number of imidazole rings is 1. The van der Waals surface area contributed by atoms with Gasteiger partial charge in [0.1, 0.15) is 0 Å². The molecule has 0 aliphatic heterocycles. The second-order valence-corrected chi connectivity index (χ2v) is 11.2. The summed E-state index contributed by atoms with van der Waals surface area (Å²) in [6.07, 6.45) is -1.50. The molecule has 1 amide bonds. The van der Waals surface area contributed by atoms with E-state index in [1.807, 2.05) is 27.7 Å². The van der Waals surface area contributed by atoms with Gasteiger partial charge in [-0.1, -0.05) is 45.9 Å². The van der Waals surface area contributed by atoms with E-state index in [0.29, 0.717) is 12.2 Å². The van der Waals surface area contributed by atoms with Gasteiger partial charge >= 0.3 is 6.18 Å². The van der Waals surface area contributed by atoms with Gasteiger partial charge in [0.25, 0.3) is 0 Å². The summed E-state index contributed by atoms with van der Waals surface area (Å²) in [5, 5.41) is -0.154. The lowest BCUT2D eigenvalue weighted by Crippen LogP contribution is -2.37. The van der Waals surface area contributed by atoms with Gasteiger partial charge in [0.2, 0.25) is 20.9 Å². The van der Waals surface area contributed by atoms with E-state index in [2.05, 4.69) is 4.98 Å². The first-order valence-corrected chi connectivity index (χ1v) is 12.7. The van der Waals surface area contributed by atoms with E-state index in [1.165, 1.54) is 18.3 Å². The molecule has 1 aromatic heterocycles. The molecule has 0 radical (unpaired) electrons. The number of halogens is 3. The molecule has 0 saturated heterocycles. The van der Waals surface area contributed by atoms with Crippen LogP contribution in [-0.4, -0.2) is 35.3 Å². The van der Waals surface area contributed by atoms with E-state index >= 15 is 0 Å². The van der Waals surface area contributed by atoms with Crippen molar-refractivity contribution in [2.75, 3.05) is 6.54 Å². The Morgan fingerprint density at radius 1 is 1.21 bits per heavy atom. The van der Waals surface area contributed by atoms with Crippen LogP contribution in [0.1, 0.15) is 63.4 Å². The van der Waals surface area contributed by atoms with E-state index in [1.54, 1.807) is 9.47 Å². The molecule has 1 saturated carbocycles. The predicted octanol–water partition coefficient (Wildman–Crippen LogP) is 4.85. The third-order valence-electron chi connectivity index (χ3n) is 5.38.